The van der Waals surface area contributed by atoms with Crippen LogP contribution >= 0.6 is 0 Å². The van der Waals surface area contributed by atoms with Gasteiger partial charge in [0, 0.05) is 11.5 Å². The van der Waals surface area contributed by atoms with Gasteiger partial charge in [0.15, 0.2) is 0 Å². The molecule has 0 aromatic carbocycles. The first kappa shape index (κ1) is 30.1. The van der Waals surface area contributed by atoms with E-state index < -0.39 is 9.63 Å². The molecule has 0 aliphatic rings. The molecule has 0 aliphatic carbocycles. The van der Waals surface area contributed by atoms with Crippen LogP contribution in [-0.4, -0.2) is 24.8 Å². The van der Waals surface area contributed by atoms with Crippen LogP contribution in [0.4, 0.5) is 0 Å². The number of hydrogen-bond donors (Lipinski definition) is 2. The van der Waals surface area contributed by atoms with Crippen LogP contribution in [0.3, 0.4) is 0 Å². The SMILES string of the molecule is CCCCCCCCCCCCCS(=O)(O)(O)CCCCCCCCCCCCC. The van der Waals surface area contributed by atoms with Crippen LogP contribution in [0.15, 0.2) is 0 Å². The first-order chi connectivity index (χ1) is 14.4. The Labute approximate surface area is 189 Å². The van der Waals surface area contributed by atoms with E-state index in [1.54, 1.807) is 0 Å². The highest BCUT2D eigenvalue weighted by Gasteiger charge is 2.28. The minimum Gasteiger partial charge on any atom is -0.308 e. The molecule has 0 heterocycles. The maximum Gasteiger partial charge on any atom is 0.0826 e. The molecule has 0 aliphatic heterocycles. The Balaban J connectivity index is 3.49. The Hall–Kier alpha value is 0.0700. The summed E-state index contributed by atoms with van der Waals surface area (Å²) in [7, 11) is -4.35. The molecule has 0 fully saturated rings. The van der Waals surface area contributed by atoms with Gasteiger partial charge in [-0.3, -0.25) is 0 Å². The first-order valence-corrected chi connectivity index (χ1v) is 15.7. The Morgan fingerprint density at radius 2 is 0.600 bits per heavy atom. The second kappa shape index (κ2) is 19.7. The maximum absolute atomic E-state index is 12.4. The molecular formula is C26H56O3S. The van der Waals surface area contributed by atoms with Gasteiger partial charge in [0.1, 0.15) is 0 Å². The molecule has 0 unspecified atom stereocenters. The summed E-state index contributed by atoms with van der Waals surface area (Å²) in [5.41, 5.74) is 0. The third kappa shape index (κ3) is 22.7. The van der Waals surface area contributed by atoms with Crippen molar-refractivity contribution in [3.8, 4) is 0 Å². The zero-order valence-electron chi connectivity index (χ0n) is 20.7. The van der Waals surface area contributed by atoms with Crippen molar-refractivity contribution in [2.45, 2.75) is 155 Å². The molecule has 0 amide bonds. The van der Waals surface area contributed by atoms with Crippen LogP contribution in [0, 0.1) is 0 Å². The van der Waals surface area contributed by atoms with Crippen LogP contribution in [0.25, 0.3) is 0 Å². The van der Waals surface area contributed by atoms with E-state index in [-0.39, 0.29) is 11.5 Å². The van der Waals surface area contributed by atoms with E-state index in [4.69, 9.17) is 0 Å². The van der Waals surface area contributed by atoms with E-state index >= 15 is 0 Å². The van der Waals surface area contributed by atoms with Gasteiger partial charge in [-0.15, -0.1) is 0 Å². The number of hydrogen-bond acceptors (Lipinski definition) is 1. The molecular weight excluding hydrogens is 392 g/mol. The molecule has 0 radical (unpaired) electrons. The fourth-order valence-electron chi connectivity index (χ4n) is 4.21. The van der Waals surface area contributed by atoms with Crippen LogP contribution in [0.5, 0.6) is 0 Å². The van der Waals surface area contributed by atoms with Crippen LogP contribution in [0.1, 0.15) is 155 Å². The summed E-state index contributed by atoms with van der Waals surface area (Å²) >= 11 is 0. The Bertz CT molecular complexity index is 385. The summed E-state index contributed by atoms with van der Waals surface area (Å²) in [6, 6.07) is 0. The van der Waals surface area contributed by atoms with Crippen molar-refractivity contribution in [1.29, 1.82) is 0 Å². The summed E-state index contributed by atoms with van der Waals surface area (Å²) in [6.07, 6.45) is 26.7. The van der Waals surface area contributed by atoms with Crippen molar-refractivity contribution >= 4 is 9.63 Å². The molecule has 4 heteroatoms. The fraction of sp³-hybridized carbons (Fsp3) is 1.00. The molecule has 0 bridgehead atoms. The predicted octanol–water partition coefficient (Wildman–Crippen LogP) is 9.37. The number of unbranched alkanes of at least 4 members (excludes halogenated alkanes) is 20. The minimum atomic E-state index is -4.35. The van der Waals surface area contributed by atoms with E-state index in [0.717, 1.165) is 25.7 Å². The van der Waals surface area contributed by atoms with Gasteiger partial charge < -0.3 is 9.11 Å². The minimum absolute atomic E-state index is 0.0754. The molecule has 0 atom stereocenters. The Morgan fingerprint density at radius 1 is 0.400 bits per heavy atom. The van der Waals surface area contributed by atoms with Gasteiger partial charge in [-0.25, -0.2) is 4.21 Å². The monoisotopic (exact) mass is 448 g/mol. The smallest absolute Gasteiger partial charge is 0.0826 e. The van der Waals surface area contributed by atoms with Crippen molar-refractivity contribution in [2.75, 3.05) is 11.5 Å². The average Bonchev–Trinajstić information content (AvgIpc) is 2.70. The van der Waals surface area contributed by atoms with Crippen molar-refractivity contribution in [3.63, 3.8) is 0 Å². The maximum atomic E-state index is 12.4. The molecule has 0 saturated carbocycles. The Kier molecular flexibility index (Phi) is 19.8. The van der Waals surface area contributed by atoms with Gasteiger partial charge in [-0.05, 0) is 12.8 Å². The van der Waals surface area contributed by atoms with Gasteiger partial charge in [0.2, 0.25) is 0 Å². The lowest BCUT2D eigenvalue weighted by Gasteiger charge is -2.30. The predicted molar refractivity (Wildman–Crippen MR) is 136 cm³/mol. The Morgan fingerprint density at radius 3 is 0.833 bits per heavy atom. The van der Waals surface area contributed by atoms with Gasteiger partial charge in [-0.2, -0.15) is 0 Å². The van der Waals surface area contributed by atoms with Gasteiger partial charge >= 0.3 is 0 Å². The highest BCUT2D eigenvalue weighted by molar-refractivity contribution is 8.10. The van der Waals surface area contributed by atoms with E-state index in [0.29, 0.717) is 12.8 Å². The lowest BCUT2D eigenvalue weighted by Crippen LogP contribution is -2.38. The lowest BCUT2D eigenvalue weighted by atomic mass is 10.1. The number of rotatable bonds is 24. The lowest BCUT2D eigenvalue weighted by molar-refractivity contribution is 0.384. The van der Waals surface area contributed by atoms with Crippen molar-refractivity contribution in [3.05, 3.63) is 0 Å². The van der Waals surface area contributed by atoms with Gasteiger partial charge in [-0.1, -0.05) is 142 Å². The van der Waals surface area contributed by atoms with Crippen LogP contribution in [0.2, 0.25) is 0 Å². The van der Waals surface area contributed by atoms with Crippen LogP contribution in [-0.2, 0) is 9.63 Å². The second-order valence-electron chi connectivity index (χ2n) is 9.67. The molecule has 184 valence electrons. The van der Waals surface area contributed by atoms with Crippen molar-refractivity contribution in [2.24, 2.45) is 0 Å². The molecule has 0 saturated heterocycles. The largest absolute Gasteiger partial charge is 0.308 e. The zero-order valence-corrected chi connectivity index (χ0v) is 21.5. The molecule has 0 aromatic heterocycles. The molecule has 0 rings (SSSR count). The zero-order chi connectivity index (χ0) is 22.4. The highest BCUT2D eigenvalue weighted by Crippen LogP contribution is 2.22. The topological polar surface area (TPSA) is 57.5 Å². The third-order valence-electron chi connectivity index (χ3n) is 6.32. The third-order valence-corrected chi connectivity index (χ3v) is 8.53. The quantitative estimate of drug-likeness (QED) is 0.145. The summed E-state index contributed by atoms with van der Waals surface area (Å²) in [6.45, 7) is 4.50. The molecule has 3 nitrogen and oxygen atoms in total. The molecule has 30 heavy (non-hydrogen) atoms. The average molecular weight is 449 g/mol. The highest BCUT2D eigenvalue weighted by atomic mass is 32.3. The van der Waals surface area contributed by atoms with Crippen molar-refractivity contribution in [1.82, 2.24) is 0 Å². The standard InChI is InChI=1S/C26H56O3S/c1-3-5-7-9-11-13-15-17-19-21-23-25-30(27,28,29)26-24-22-20-18-16-14-12-10-8-6-4-2/h3-26H2,1-2H3,(H2,27,28,29). The molecule has 0 aromatic rings. The summed E-state index contributed by atoms with van der Waals surface area (Å²) in [5, 5.41) is 0. The van der Waals surface area contributed by atoms with E-state index in [1.807, 2.05) is 0 Å². The van der Waals surface area contributed by atoms with Crippen molar-refractivity contribution < 1.29 is 13.3 Å². The summed E-state index contributed by atoms with van der Waals surface area (Å²) in [5.74, 6) is 0.151. The molecule has 0 spiro atoms. The summed E-state index contributed by atoms with van der Waals surface area (Å²) < 4.78 is 32.8. The molecule has 2 N–H and O–H groups in total. The van der Waals surface area contributed by atoms with E-state index in [2.05, 4.69) is 13.8 Å². The van der Waals surface area contributed by atoms with Crippen LogP contribution < -0.4 is 0 Å². The van der Waals surface area contributed by atoms with E-state index in [1.165, 1.54) is 103 Å². The second-order valence-corrected chi connectivity index (χ2v) is 12.9. The first-order valence-electron chi connectivity index (χ1n) is 13.5. The van der Waals surface area contributed by atoms with Gasteiger partial charge in [0.05, 0.1) is 9.63 Å². The van der Waals surface area contributed by atoms with Gasteiger partial charge in [0.25, 0.3) is 0 Å². The fourth-order valence-corrected chi connectivity index (χ4v) is 5.99. The normalized spacial score (nSPS) is 13.4. The van der Waals surface area contributed by atoms with E-state index in [9.17, 15) is 13.3 Å². The summed E-state index contributed by atoms with van der Waals surface area (Å²) in [4.78, 5) is 0.